The summed E-state index contributed by atoms with van der Waals surface area (Å²) in [6.07, 6.45) is -2.47. The van der Waals surface area contributed by atoms with Gasteiger partial charge >= 0.3 is 6.36 Å². The van der Waals surface area contributed by atoms with Crippen molar-refractivity contribution in [2.75, 3.05) is 29.9 Å². The molecule has 1 aliphatic heterocycles. The first-order valence-electron chi connectivity index (χ1n) is 7.75. The Morgan fingerprint density at radius 1 is 1.24 bits per heavy atom. The molecule has 0 radical (unpaired) electrons. The smallest absolute Gasteiger partial charge is 0.406 e. The summed E-state index contributed by atoms with van der Waals surface area (Å²) < 4.78 is 40.9. The molecular formula is C16H17F3N4O2. The van der Waals surface area contributed by atoms with Crippen LogP contribution in [0.2, 0.25) is 0 Å². The Morgan fingerprint density at radius 2 is 2.08 bits per heavy atom. The van der Waals surface area contributed by atoms with Gasteiger partial charge in [0.15, 0.2) is 0 Å². The number of ether oxygens (including phenoxy) is 1. The monoisotopic (exact) mass is 354 g/mol. The van der Waals surface area contributed by atoms with Gasteiger partial charge in [0.25, 0.3) is 0 Å². The highest BCUT2D eigenvalue weighted by Gasteiger charge is 2.31. The fourth-order valence-electron chi connectivity index (χ4n) is 2.70. The topological polar surface area (TPSA) is 70.5 Å². The zero-order valence-corrected chi connectivity index (χ0v) is 13.3. The number of nitrogens with one attached hydrogen (secondary N) is 1. The highest BCUT2D eigenvalue weighted by Crippen LogP contribution is 2.29. The Labute approximate surface area is 142 Å². The summed E-state index contributed by atoms with van der Waals surface area (Å²) in [5.74, 6) is 0.945. The minimum Gasteiger partial charge on any atom is -0.406 e. The number of halogens is 3. The number of hydrogen-bond donors (Lipinski definition) is 2. The second-order valence-corrected chi connectivity index (χ2v) is 5.54. The van der Waals surface area contributed by atoms with Gasteiger partial charge in [-0.3, -0.25) is 0 Å². The molecule has 0 saturated carbocycles. The molecule has 0 saturated heterocycles. The second kappa shape index (κ2) is 7.14. The lowest BCUT2D eigenvalue weighted by molar-refractivity contribution is -0.274. The average Bonchev–Trinajstić information content (AvgIpc) is 2.58. The van der Waals surface area contributed by atoms with E-state index in [9.17, 15) is 13.2 Å². The molecule has 3 rings (SSSR count). The summed E-state index contributed by atoms with van der Waals surface area (Å²) in [5, 5.41) is 11.7. The summed E-state index contributed by atoms with van der Waals surface area (Å²) >= 11 is 0. The van der Waals surface area contributed by atoms with Crippen molar-refractivity contribution in [3.63, 3.8) is 0 Å². The number of anilines is 2. The number of fused-ring (bicyclic) bond motifs is 1. The number of hydrogen-bond acceptors (Lipinski definition) is 6. The molecule has 0 amide bonds. The van der Waals surface area contributed by atoms with Crippen LogP contribution in [-0.4, -0.2) is 41.1 Å². The molecule has 2 aromatic rings. The third kappa shape index (κ3) is 4.50. The first-order valence-corrected chi connectivity index (χ1v) is 7.75. The molecule has 0 atom stereocenters. The van der Waals surface area contributed by atoms with Gasteiger partial charge in [-0.05, 0) is 35.7 Å². The summed E-state index contributed by atoms with van der Waals surface area (Å²) in [7, 11) is 0. The van der Waals surface area contributed by atoms with Crippen LogP contribution in [0.5, 0.6) is 5.75 Å². The fourth-order valence-corrected chi connectivity index (χ4v) is 2.70. The van der Waals surface area contributed by atoms with Crippen LogP contribution in [0.4, 0.5) is 24.9 Å². The maximum Gasteiger partial charge on any atom is 0.573 e. The lowest BCUT2D eigenvalue weighted by Crippen LogP contribution is -2.31. The number of aromatic nitrogens is 2. The lowest BCUT2D eigenvalue weighted by atomic mass is 9.99. The van der Waals surface area contributed by atoms with Crippen LogP contribution >= 0.6 is 0 Å². The zero-order valence-electron chi connectivity index (χ0n) is 13.3. The predicted octanol–water partition coefficient (Wildman–Crippen LogP) is 2.34. The van der Waals surface area contributed by atoms with Crippen molar-refractivity contribution in [1.29, 1.82) is 0 Å². The first kappa shape index (κ1) is 17.3. The minimum atomic E-state index is -4.69. The molecule has 0 aliphatic carbocycles. The largest absolute Gasteiger partial charge is 0.573 e. The molecule has 2 heterocycles. The number of benzene rings is 1. The molecule has 0 fully saturated rings. The number of aliphatic hydroxyl groups excluding tert-OH is 1. The van der Waals surface area contributed by atoms with Gasteiger partial charge in [-0.15, -0.1) is 13.2 Å². The molecule has 6 nitrogen and oxygen atoms in total. The van der Waals surface area contributed by atoms with E-state index in [1.807, 2.05) is 4.90 Å². The standard InChI is InChI=1S/C16H17F3N4O2/c17-16(18,19)25-13-2-1-12-10-23(7-4-11(12)9-13)14-3-5-20-15(22-14)21-6-8-24/h1-3,5,9,24H,4,6-8,10H2,(H,20,21,22). The lowest BCUT2D eigenvalue weighted by Gasteiger charge is -2.30. The van der Waals surface area contributed by atoms with Gasteiger partial charge in [-0.2, -0.15) is 4.98 Å². The number of nitrogens with zero attached hydrogens (tertiary/aromatic N) is 3. The van der Waals surface area contributed by atoms with Crippen LogP contribution in [0.3, 0.4) is 0 Å². The van der Waals surface area contributed by atoms with E-state index in [-0.39, 0.29) is 12.4 Å². The van der Waals surface area contributed by atoms with Crippen molar-refractivity contribution in [3.8, 4) is 5.75 Å². The third-order valence-electron chi connectivity index (χ3n) is 3.78. The highest BCUT2D eigenvalue weighted by molar-refractivity contribution is 5.47. The number of rotatable bonds is 5. The molecule has 1 aromatic carbocycles. The fraction of sp³-hybridized carbons (Fsp3) is 0.375. The first-order chi connectivity index (χ1) is 11.9. The number of aliphatic hydroxyl groups is 1. The predicted molar refractivity (Wildman–Crippen MR) is 85.5 cm³/mol. The van der Waals surface area contributed by atoms with E-state index in [4.69, 9.17) is 5.11 Å². The second-order valence-electron chi connectivity index (χ2n) is 5.54. The van der Waals surface area contributed by atoms with E-state index in [0.29, 0.717) is 32.0 Å². The highest BCUT2D eigenvalue weighted by atomic mass is 19.4. The van der Waals surface area contributed by atoms with Crippen LogP contribution in [0.1, 0.15) is 11.1 Å². The Balaban J connectivity index is 1.73. The molecule has 0 bridgehead atoms. The maximum atomic E-state index is 12.3. The van der Waals surface area contributed by atoms with E-state index < -0.39 is 6.36 Å². The summed E-state index contributed by atoms with van der Waals surface area (Å²) in [4.78, 5) is 10.5. The van der Waals surface area contributed by atoms with Gasteiger partial charge in [0.2, 0.25) is 5.95 Å². The molecule has 2 N–H and O–H groups in total. The maximum absolute atomic E-state index is 12.3. The van der Waals surface area contributed by atoms with Crippen molar-refractivity contribution in [2.45, 2.75) is 19.3 Å². The van der Waals surface area contributed by atoms with Crippen LogP contribution in [0, 0.1) is 0 Å². The molecule has 134 valence electrons. The Hall–Kier alpha value is -2.55. The zero-order chi connectivity index (χ0) is 17.9. The van der Waals surface area contributed by atoms with Gasteiger partial charge < -0.3 is 20.1 Å². The summed E-state index contributed by atoms with van der Waals surface area (Å²) in [6, 6.07) is 6.18. The van der Waals surface area contributed by atoms with E-state index in [2.05, 4.69) is 20.0 Å². The van der Waals surface area contributed by atoms with Crippen LogP contribution < -0.4 is 15.0 Å². The van der Waals surface area contributed by atoms with Crippen molar-refractivity contribution < 1.29 is 23.0 Å². The summed E-state index contributed by atoms with van der Waals surface area (Å²) in [5.41, 5.74) is 1.77. The molecule has 25 heavy (non-hydrogen) atoms. The molecule has 9 heteroatoms. The Kier molecular flexibility index (Phi) is 4.93. The average molecular weight is 354 g/mol. The molecule has 0 unspecified atom stereocenters. The van der Waals surface area contributed by atoms with Crippen molar-refractivity contribution in [1.82, 2.24) is 9.97 Å². The molecule has 1 aliphatic rings. The van der Waals surface area contributed by atoms with E-state index in [1.54, 1.807) is 18.3 Å². The van der Waals surface area contributed by atoms with Gasteiger partial charge in [0.1, 0.15) is 11.6 Å². The Morgan fingerprint density at radius 3 is 2.84 bits per heavy atom. The van der Waals surface area contributed by atoms with Crippen LogP contribution in [0.25, 0.3) is 0 Å². The number of alkyl halides is 3. The van der Waals surface area contributed by atoms with E-state index in [1.165, 1.54) is 12.1 Å². The van der Waals surface area contributed by atoms with Crippen LogP contribution in [-0.2, 0) is 13.0 Å². The quantitative estimate of drug-likeness (QED) is 0.859. The van der Waals surface area contributed by atoms with Gasteiger partial charge in [-0.1, -0.05) is 6.07 Å². The van der Waals surface area contributed by atoms with Gasteiger partial charge in [-0.25, -0.2) is 4.98 Å². The molecule has 0 spiro atoms. The SMILES string of the molecule is OCCNc1nccc(N2CCc3cc(OC(F)(F)F)ccc3C2)n1. The summed E-state index contributed by atoms with van der Waals surface area (Å²) in [6.45, 7) is 1.50. The third-order valence-corrected chi connectivity index (χ3v) is 3.78. The molecule has 1 aromatic heterocycles. The normalized spacial score (nSPS) is 14.2. The van der Waals surface area contributed by atoms with Gasteiger partial charge in [0.05, 0.1) is 6.61 Å². The van der Waals surface area contributed by atoms with Crippen LogP contribution in [0.15, 0.2) is 30.5 Å². The van der Waals surface area contributed by atoms with Crippen molar-refractivity contribution >= 4 is 11.8 Å². The molecular weight excluding hydrogens is 337 g/mol. The van der Waals surface area contributed by atoms with Crippen molar-refractivity contribution in [2.24, 2.45) is 0 Å². The van der Waals surface area contributed by atoms with Gasteiger partial charge in [0, 0.05) is 25.8 Å². The minimum absolute atomic E-state index is 0.0208. The van der Waals surface area contributed by atoms with E-state index in [0.717, 1.165) is 16.9 Å². The van der Waals surface area contributed by atoms with Crippen molar-refractivity contribution in [3.05, 3.63) is 41.6 Å². The Bertz CT molecular complexity index is 740. The van der Waals surface area contributed by atoms with E-state index >= 15 is 0 Å².